The maximum absolute atomic E-state index is 14.1. The highest BCUT2D eigenvalue weighted by Crippen LogP contribution is 2.29. The summed E-state index contributed by atoms with van der Waals surface area (Å²) in [6, 6.07) is 4.22. The van der Waals surface area contributed by atoms with Crippen LogP contribution in [-0.4, -0.2) is 49.6 Å². The van der Waals surface area contributed by atoms with E-state index in [0.717, 1.165) is 0 Å². The maximum Gasteiger partial charge on any atom is 0.283 e. The van der Waals surface area contributed by atoms with E-state index in [0.29, 0.717) is 23.2 Å². The molecular weight excluding hydrogens is 431 g/mol. The normalized spacial score (nSPS) is 12.8. The molecule has 32 heavy (non-hydrogen) atoms. The Morgan fingerprint density at radius 3 is 2.16 bits per heavy atom. The third-order valence-corrected chi connectivity index (χ3v) is 6.54. The zero-order valence-electron chi connectivity index (χ0n) is 20.2. The molecule has 0 aliphatic heterocycles. The topological polar surface area (TPSA) is 84.3 Å². The number of halogens is 1. The van der Waals surface area contributed by atoms with Gasteiger partial charge in [0.15, 0.2) is 5.03 Å². The number of likely N-dealkylation sites (N-methyl/N-ethyl adjacent to an activating group) is 1. The highest BCUT2D eigenvalue weighted by atomic mass is 32.2. The number of carbonyl (C=O) groups excluding carboxylic acids is 1. The predicted molar refractivity (Wildman–Crippen MR) is 124 cm³/mol. The number of rotatable bonds is 9. The summed E-state index contributed by atoms with van der Waals surface area (Å²) in [5.74, 6) is -1.07. The van der Waals surface area contributed by atoms with Gasteiger partial charge in [-0.2, -0.15) is 13.5 Å². The molecule has 0 fully saturated rings. The number of sulfonamides is 1. The lowest BCUT2D eigenvalue weighted by Crippen LogP contribution is -2.38. The van der Waals surface area contributed by atoms with Crippen LogP contribution in [0.3, 0.4) is 0 Å². The van der Waals surface area contributed by atoms with Crippen molar-refractivity contribution in [3.05, 3.63) is 46.9 Å². The summed E-state index contributed by atoms with van der Waals surface area (Å²) in [5.41, 5.74) is 1.64. The van der Waals surface area contributed by atoms with E-state index in [1.807, 2.05) is 60.5 Å². The molecular formula is C23H35FN4O3S. The summed E-state index contributed by atoms with van der Waals surface area (Å²) in [5, 5.41) is 3.99. The molecule has 0 saturated heterocycles. The van der Waals surface area contributed by atoms with E-state index in [4.69, 9.17) is 0 Å². The van der Waals surface area contributed by atoms with Gasteiger partial charge in [-0.15, -0.1) is 0 Å². The van der Waals surface area contributed by atoms with Crippen LogP contribution in [0.5, 0.6) is 0 Å². The molecule has 178 valence electrons. The average Bonchev–Trinajstić information content (AvgIpc) is 3.13. The minimum atomic E-state index is -4.14. The van der Waals surface area contributed by atoms with Crippen LogP contribution in [0.1, 0.15) is 70.1 Å². The molecule has 1 aromatic heterocycles. The average molecular weight is 467 g/mol. The van der Waals surface area contributed by atoms with Gasteiger partial charge in [0.25, 0.3) is 10.0 Å². The Kier molecular flexibility index (Phi) is 7.88. The summed E-state index contributed by atoms with van der Waals surface area (Å²) >= 11 is 0. The molecule has 0 aliphatic carbocycles. The van der Waals surface area contributed by atoms with E-state index >= 15 is 0 Å². The smallest absolute Gasteiger partial charge is 0.283 e. The van der Waals surface area contributed by atoms with Crippen LogP contribution in [0.4, 0.5) is 4.39 Å². The Morgan fingerprint density at radius 2 is 1.69 bits per heavy atom. The first kappa shape index (κ1) is 26.0. The fraction of sp³-hybridized carbons (Fsp3) is 0.565. The van der Waals surface area contributed by atoms with E-state index in [1.54, 1.807) is 10.9 Å². The van der Waals surface area contributed by atoms with Crippen molar-refractivity contribution in [3.8, 4) is 0 Å². The van der Waals surface area contributed by atoms with Gasteiger partial charge >= 0.3 is 0 Å². The lowest BCUT2D eigenvalue weighted by atomic mass is 9.87. The first-order valence-electron chi connectivity index (χ1n) is 10.7. The van der Waals surface area contributed by atoms with Crippen molar-refractivity contribution in [2.75, 3.05) is 20.6 Å². The number of amides is 1. The summed E-state index contributed by atoms with van der Waals surface area (Å²) in [6.45, 7) is 12.2. The van der Waals surface area contributed by atoms with E-state index in [9.17, 15) is 17.6 Å². The van der Waals surface area contributed by atoms with E-state index < -0.39 is 21.5 Å². The van der Waals surface area contributed by atoms with Crippen LogP contribution >= 0.6 is 0 Å². The molecule has 1 aromatic carbocycles. The number of hydrogen-bond donors (Lipinski definition) is 1. The zero-order chi connectivity index (χ0) is 24.4. The van der Waals surface area contributed by atoms with Gasteiger partial charge in [0.2, 0.25) is 5.91 Å². The van der Waals surface area contributed by atoms with E-state index in [1.165, 1.54) is 18.2 Å². The van der Waals surface area contributed by atoms with Gasteiger partial charge in [0.05, 0.1) is 12.0 Å². The van der Waals surface area contributed by atoms with Crippen molar-refractivity contribution < 1.29 is 17.6 Å². The van der Waals surface area contributed by atoms with Crippen LogP contribution < -0.4 is 4.72 Å². The third kappa shape index (κ3) is 6.16. The van der Waals surface area contributed by atoms with Crippen LogP contribution in [0.2, 0.25) is 0 Å². The zero-order valence-corrected chi connectivity index (χ0v) is 21.0. The van der Waals surface area contributed by atoms with Gasteiger partial charge in [-0.25, -0.2) is 9.11 Å². The van der Waals surface area contributed by atoms with Crippen LogP contribution in [0.15, 0.2) is 29.4 Å². The molecule has 0 saturated carbocycles. The Balaban J connectivity index is 2.29. The van der Waals surface area contributed by atoms with Crippen molar-refractivity contribution in [2.24, 2.45) is 0 Å². The van der Waals surface area contributed by atoms with E-state index in [2.05, 4.69) is 9.82 Å². The van der Waals surface area contributed by atoms with Crippen LogP contribution in [0, 0.1) is 5.82 Å². The predicted octanol–water partition coefficient (Wildman–Crippen LogP) is 3.61. The van der Waals surface area contributed by atoms with Crippen molar-refractivity contribution in [2.45, 2.75) is 70.4 Å². The molecule has 1 amide bonds. The Bertz CT molecular complexity index is 1040. The molecule has 9 heteroatoms. The second-order valence-corrected chi connectivity index (χ2v) is 11.4. The first-order chi connectivity index (χ1) is 14.6. The Labute approximate surface area is 191 Å². The number of aromatic nitrogens is 2. The first-order valence-corrected chi connectivity index (χ1v) is 12.2. The maximum atomic E-state index is 14.1. The fourth-order valence-corrected chi connectivity index (χ4v) is 4.86. The molecule has 1 heterocycles. The molecule has 7 nitrogen and oxygen atoms in total. The molecule has 0 atom stereocenters. The summed E-state index contributed by atoms with van der Waals surface area (Å²) < 4.78 is 43.5. The Hall–Kier alpha value is -2.26. The summed E-state index contributed by atoms with van der Waals surface area (Å²) in [4.78, 5) is 14.7. The second kappa shape index (κ2) is 9.70. The standard InChI is InChI=1S/C23H35FN4O3S/c1-15(2)18-11-17(24)12-19(16(3)4)20(18)13-21(29)26-32(30,31)22-9-10-28(25-22)23(5,6)14-27(7)8/h9-12,15-16H,13-14H2,1-8H3,(H,26,29). The van der Waals surface area contributed by atoms with Gasteiger partial charge in [-0.3, -0.25) is 9.48 Å². The van der Waals surface area contributed by atoms with E-state index in [-0.39, 0.29) is 29.1 Å². The number of nitrogens with one attached hydrogen (secondary N) is 1. The van der Waals surface area contributed by atoms with Crippen LogP contribution in [-0.2, 0) is 26.8 Å². The van der Waals surface area contributed by atoms with Gasteiger partial charge in [-0.05, 0) is 74.7 Å². The minimum absolute atomic E-state index is 0.0164. The lowest BCUT2D eigenvalue weighted by Gasteiger charge is -2.28. The molecule has 0 bridgehead atoms. The molecule has 2 rings (SSSR count). The number of benzene rings is 1. The van der Waals surface area contributed by atoms with Gasteiger partial charge in [0.1, 0.15) is 5.82 Å². The van der Waals surface area contributed by atoms with Crippen LogP contribution in [0.25, 0.3) is 0 Å². The highest BCUT2D eigenvalue weighted by Gasteiger charge is 2.27. The summed E-state index contributed by atoms with van der Waals surface area (Å²) in [7, 11) is -0.289. The minimum Gasteiger partial charge on any atom is -0.307 e. The van der Waals surface area contributed by atoms with Gasteiger partial charge in [0, 0.05) is 12.7 Å². The SMILES string of the molecule is CC(C)c1cc(F)cc(C(C)C)c1CC(=O)NS(=O)(=O)c1ccn(C(C)(C)CN(C)C)n1. The second-order valence-electron chi connectivity index (χ2n) is 9.73. The highest BCUT2D eigenvalue weighted by molar-refractivity contribution is 7.90. The quantitative estimate of drug-likeness (QED) is 0.610. The molecule has 0 radical (unpaired) electrons. The molecule has 0 aliphatic rings. The molecule has 1 N–H and O–H groups in total. The van der Waals surface area contributed by atoms with Crippen molar-refractivity contribution in [1.29, 1.82) is 0 Å². The van der Waals surface area contributed by atoms with Crippen molar-refractivity contribution in [1.82, 2.24) is 19.4 Å². The number of nitrogens with zero attached hydrogens (tertiary/aromatic N) is 3. The molecule has 0 unspecified atom stereocenters. The molecule has 2 aromatic rings. The number of hydrogen-bond acceptors (Lipinski definition) is 5. The van der Waals surface area contributed by atoms with Gasteiger partial charge in [-0.1, -0.05) is 27.7 Å². The molecule has 0 spiro atoms. The monoisotopic (exact) mass is 466 g/mol. The summed E-state index contributed by atoms with van der Waals surface area (Å²) in [6.07, 6.45) is 1.43. The largest absolute Gasteiger partial charge is 0.307 e. The van der Waals surface area contributed by atoms with Crippen molar-refractivity contribution >= 4 is 15.9 Å². The Morgan fingerprint density at radius 1 is 1.16 bits per heavy atom. The fourth-order valence-electron chi connectivity index (χ4n) is 3.95. The third-order valence-electron chi connectivity index (χ3n) is 5.28. The van der Waals surface area contributed by atoms with Gasteiger partial charge < -0.3 is 4.90 Å². The van der Waals surface area contributed by atoms with Crippen molar-refractivity contribution in [3.63, 3.8) is 0 Å². The number of carbonyl (C=O) groups is 1. The lowest BCUT2D eigenvalue weighted by molar-refractivity contribution is -0.118.